The van der Waals surface area contributed by atoms with E-state index in [0.29, 0.717) is 0 Å². The van der Waals surface area contributed by atoms with Crippen molar-refractivity contribution in [2.45, 2.75) is 47.1 Å². The zero-order valence-electron chi connectivity index (χ0n) is 11.5. The number of hydrogen-bond donors (Lipinski definition) is 0. The summed E-state index contributed by atoms with van der Waals surface area (Å²) in [6, 6.07) is 0. The van der Waals surface area contributed by atoms with Crippen LogP contribution in [-0.4, -0.2) is 54.4 Å². The molecule has 3 aliphatic rings. The molecule has 0 saturated carbocycles. The van der Waals surface area contributed by atoms with Crippen LogP contribution in [0.5, 0.6) is 0 Å². The normalized spacial score (nSPS) is 49.2. The summed E-state index contributed by atoms with van der Waals surface area (Å²) >= 11 is 17.3. The van der Waals surface area contributed by atoms with E-state index >= 15 is 0 Å². The Morgan fingerprint density at radius 1 is 1.14 bits per heavy atom. The molecule has 9 heteroatoms. The molecule has 0 radical (unpaired) electrons. The summed E-state index contributed by atoms with van der Waals surface area (Å²) in [7, 11) is 3.05. The number of rotatable bonds is 2. The van der Waals surface area contributed by atoms with Gasteiger partial charge in [0.25, 0.3) is 0 Å². The number of alkyl halides is 3. The Labute approximate surface area is 137 Å². The smallest absolute Gasteiger partial charge is 0.241 e. The van der Waals surface area contributed by atoms with Gasteiger partial charge in [-0.2, -0.15) is 0 Å². The molecule has 0 bridgehead atoms. The van der Waals surface area contributed by atoms with Gasteiger partial charge in [-0.15, -0.1) is 0 Å². The summed E-state index contributed by atoms with van der Waals surface area (Å²) in [6.45, 7) is 1.76. The van der Waals surface area contributed by atoms with E-state index in [2.05, 4.69) is 0 Å². The third-order valence-corrected chi connectivity index (χ3v) is 4.24. The summed E-state index contributed by atoms with van der Waals surface area (Å²) < 4.78 is 31.8. The first-order chi connectivity index (χ1) is 9.73. The van der Waals surface area contributed by atoms with Crippen molar-refractivity contribution in [2.24, 2.45) is 0 Å². The van der Waals surface area contributed by atoms with Gasteiger partial charge < -0.3 is 28.4 Å². The summed E-state index contributed by atoms with van der Waals surface area (Å²) in [5.41, 5.74) is 0. The average Bonchev–Trinajstić information content (AvgIpc) is 3.01. The van der Waals surface area contributed by atoms with Gasteiger partial charge >= 0.3 is 0 Å². The molecule has 3 rings (SSSR count). The number of fused-ring (bicyclic) bond motifs is 1. The van der Waals surface area contributed by atoms with Gasteiger partial charge in [0.15, 0.2) is 12.1 Å². The van der Waals surface area contributed by atoms with Crippen molar-refractivity contribution in [3.63, 3.8) is 0 Å². The molecule has 0 aromatic carbocycles. The number of ether oxygens (including phenoxy) is 6. The minimum atomic E-state index is -1.72. The summed E-state index contributed by atoms with van der Waals surface area (Å²) in [5, 5.41) is 0. The molecule has 2 saturated heterocycles. The maximum Gasteiger partial charge on any atom is 0.241 e. The maximum absolute atomic E-state index is 5.87. The SMILES string of the molecule is COC1C2OC(C(Cl)(Cl)Cl)OC2O[C@]12C=CC(C)(OC)O2. The van der Waals surface area contributed by atoms with Gasteiger partial charge in [0.2, 0.25) is 15.9 Å². The average molecular weight is 362 g/mol. The second kappa shape index (κ2) is 5.19. The Balaban J connectivity index is 1.80. The van der Waals surface area contributed by atoms with E-state index in [1.54, 1.807) is 19.1 Å². The van der Waals surface area contributed by atoms with Gasteiger partial charge in [0, 0.05) is 14.2 Å². The van der Waals surface area contributed by atoms with Gasteiger partial charge in [-0.25, -0.2) is 0 Å². The van der Waals surface area contributed by atoms with Gasteiger partial charge in [-0.1, -0.05) is 34.8 Å². The molecule has 1 spiro atoms. The van der Waals surface area contributed by atoms with E-state index < -0.39 is 40.2 Å². The molecule has 0 aromatic rings. The molecule has 0 amide bonds. The summed E-state index contributed by atoms with van der Waals surface area (Å²) in [5.74, 6) is -2.07. The number of hydrogen-bond acceptors (Lipinski definition) is 6. The highest BCUT2D eigenvalue weighted by Crippen LogP contribution is 2.49. The Hall–Kier alpha value is 0.370. The standard InChI is InChI=1S/C12H15Cl3O6/c1-10(17-3)4-5-11(21-10)7(16-2)6-8(20-11)19-9(18-6)12(13,14)15/h4-9H,1-3H3/t6?,7?,8?,9?,10?,11-/m0/s1. The lowest BCUT2D eigenvalue weighted by molar-refractivity contribution is -0.333. The van der Waals surface area contributed by atoms with Crippen LogP contribution in [0.25, 0.3) is 0 Å². The molecular weight excluding hydrogens is 346 g/mol. The van der Waals surface area contributed by atoms with Crippen LogP contribution in [-0.2, 0) is 28.4 Å². The van der Waals surface area contributed by atoms with E-state index in [9.17, 15) is 0 Å². The molecule has 21 heavy (non-hydrogen) atoms. The predicted octanol–water partition coefficient (Wildman–Crippen LogP) is 2.11. The van der Waals surface area contributed by atoms with Crippen LogP contribution in [0.3, 0.4) is 0 Å². The monoisotopic (exact) mass is 360 g/mol. The zero-order valence-corrected chi connectivity index (χ0v) is 13.8. The third-order valence-electron chi connectivity index (χ3n) is 3.71. The maximum atomic E-state index is 5.87. The molecule has 5 unspecified atom stereocenters. The Morgan fingerprint density at radius 2 is 1.86 bits per heavy atom. The van der Waals surface area contributed by atoms with E-state index in [0.717, 1.165) is 0 Å². The van der Waals surface area contributed by atoms with E-state index in [-0.39, 0.29) is 0 Å². The summed E-state index contributed by atoms with van der Waals surface area (Å²) in [6.07, 6.45) is 0.491. The molecule has 0 aliphatic carbocycles. The molecule has 6 nitrogen and oxygen atoms in total. The lowest BCUT2D eigenvalue weighted by Gasteiger charge is -2.33. The van der Waals surface area contributed by atoms with Gasteiger partial charge in [0.05, 0.1) is 0 Å². The number of methoxy groups -OCH3 is 2. The molecule has 6 atom stereocenters. The highest BCUT2D eigenvalue weighted by Gasteiger charge is 2.66. The van der Waals surface area contributed by atoms with Gasteiger partial charge in [-0.05, 0) is 19.1 Å². The van der Waals surface area contributed by atoms with Crippen LogP contribution in [0.2, 0.25) is 0 Å². The number of halogens is 3. The van der Waals surface area contributed by atoms with Crippen LogP contribution >= 0.6 is 34.8 Å². The molecule has 2 fully saturated rings. The Kier molecular flexibility index (Phi) is 4.01. The molecule has 120 valence electrons. The van der Waals surface area contributed by atoms with Crippen LogP contribution in [0, 0.1) is 0 Å². The van der Waals surface area contributed by atoms with Crippen LogP contribution in [0.15, 0.2) is 12.2 Å². The van der Waals surface area contributed by atoms with Crippen molar-refractivity contribution in [3.8, 4) is 0 Å². The molecule has 3 heterocycles. The van der Waals surface area contributed by atoms with Gasteiger partial charge in [0.1, 0.15) is 12.2 Å². The first-order valence-electron chi connectivity index (χ1n) is 6.27. The second-order valence-electron chi connectivity index (χ2n) is 5.13. The van der Waals surface area contributed by atoms with Crippen LogP contribution in [0.4, 0.5) is 0 Å². The van der Waals surface area contributed by atoms with Crippen molar-refractivity contribution in [1.82, 2.24) is 0 Å². The van der Waals surface area contributed by atoms with Crippen molar-refractivity contribution in [3.05, 3.63) is 12.2 Å². The van der Waals surface area contributed by atoms with Crippen LogP contribution in [0.1, 0.15) is 6.92 Å². The highest BCUT2D eigenvalue weighted by molar-refractivity contribution is 6.67. The first kappa shape index (κ1) is 16.2. The Bertz CT molecular complexity index is 455. The second-order valence-corrected chi connectivity index (χ2v) is 7.50. The third kappa shape index (κ3) is 2.60. The first-order valence-corrected chi connectivity index (χ1v) is 7.40. The largest absolute Gasteiger partial charge is 0.372 e. The van der Waals surface area contributed by atoms with Crippen molar-refractivity contribution < 1.29 is 28.4 Å². The van der Waals surface area contributed by atoms with E-state index in [1.165, 1.54) is 14.2 Å². The topological polar surface area (TPSA) is 55.4 Å². The lowest BCUT2D eigenvalue weighted by atomic mass is 10.1. The van der Waals surface area contributed by atoms with E-state index in [4.69, 9.17) is 63.2 Å². The predicted molar refractivity (Wildman–Crippen MR) is 74.1 cm³/mol. The minimum Gasteiger partial charge on any atom is -0.372 e. The zero-order chi connectivity index (χ0) is 15.5. The molecule has 3 aliphatic heterocycles. The fourth-order valence-corrected chi connectivity index (χ4v) is 2.96. The fraction of sp³-hybridized carbons (Fsp3) is 0.833. The molecule has 0 N–H and O–H groups in total. The van der Waals surface area contributed by atoms with Crippen molar-refractivity contribution in [2.75, 3.05) is 14.2 Å². The summed E-state index contributed by atoms with van der Waals surface area (Å²) in [4.78, 5) is 0. The highest BCUT2D eigenvalue weighted by atomic mass is 35.6. The van der Waals surface area contributed by atoms with Gasteiger partial charge in [-0.3, -0.25) is 0 Å². The molecule has 0 aromatic heterocycles. The minimum absolute atomic E-state index is 0.584. The van der Waals surface area contributed by atoms with Crippen molar-refractivity contribution in [1.29, 1.82) is 0 Å². The fourth-order valence-electron chi connectivity index (χ4n) is 2.66. The quantitative estimate of drug-likeness (QED) is 0.555. The Morgan fingerprint density at radius 3 is 2.38 bits per heavy atom. The molecular formula is C12H15Cl3O6. The van der Waals surface area contributed by atoms with Crippen LogP contribution < -0.4 is 0 Å². The van der Waals surface area contributed by atoms with E-state index in [1.807, 2.05) is 0 Å². The lowest BCUT2D eigenvalue weighted by Crippen LogP contribution is -2.48. The van der Waals surface area contributed by atoms with Crippen molar-refractivity contribution >= 4 is 34.8 Å².